The lowest BCUT2D eigenvalue weighted by molar-refractivity contribution is 0.572. The van der Waals surface area contributed by atoms with Gasteiger partial charge in [0.1, 0.15) is 5.82 Å². The fourth-order valence-electron chi connectivity index (χ4n) is 1.40. The second-order valence-electron chi connectivity index (χ2n) is 3.25. The van der Waals surface area contributed by atoms with Crippen molar-refractivity contribution in [3.8, 4) is 0 Å². The Bertz CT molecular complexity index is 391. The van der Waals surface area contributed by atoms with Gasteiger partial charge in [-0.2, -0.15) is 0 Å². The minimum Gasteiger partial charge on any atom is -0.333 e. The van der Waals surface area contributed by atoms with Gasteiger partial charge in [0, 0.05) is 23.8 Å². The molecule has 1 unspecified atom stereocenters. The molecule has 2 aromatic rings. The van der Waals surface area contributed by atoms with Gasteiger partial charge in [-0.1, -0.05) is 6.07 Å². The van der Waals surface area contributed by atoms with E-state index in [1.54, 1.807) is 17.5 Å². The van der Waals surface area contributed by atoms with E-state index in [1.165, 1.54) is 4.88 Å². The maximum atomic E-state index is 6.06. The Morgan fingerprint density at radius 1 is 1.64 bits per heavy atom. The molecule has 0 aliphatic carbocycles. The Labute approximate surface area is 87.2 Å². The number of aryl methyl sites for hydroxylation is 1. The van der Waals surface area contributed by atoms with Crippen molar-refractivity contribution in [3.63, 3.8) is 0 Å². The lowest BCUT2D eigenvalue weighted by atomic mass is 10.2. The normalized spacial score (nSPS) is 13.0. The summed E-state index contributed by atoms with van der Waals surface area (Å²) in [4.78, 5) is 5.38. The van der Waals surface area contributed by atoms with E-state index in [2.05, 4.69) is 21.0 Å². The third kappa shape index (κ3) is 1.86. The number of hydrogen-bond acceptors (Lipinski definition) is 3. The number of nitrogens with two attached hydrogens (primary N) is 1. The highest BCUT2D eigenvalue weighted by Crippen LogP contribution is 2.18. The molecule has 0 bridgehead atoms. The molecule has 0 fully saturated rings. The number of imidazole rings is 1. The van der Waals surface area contributed by atoms with Crippen molar-refractivity contribution in [3.05, 3.63) is 40.6 Å². The second-order valence-corrected chi connectivity index (χ2v) is 4.23. The monoisotopic (exact) mass is 207 g/mol. The first kappa shape index (κ1) is 9.43. The van der Waals surface area contributed by atoms with Crippen LogP contribution in [0.15, 0.2) is 29.9 Å². The first-order chi connectivity index (χ1) is 6.77. The van der Waals surface area contributed by atoms with Crippen molar-refractivity contribution in [2.45, 2.75) is 19.5 Å². The molecule has 2 aromatic heterocycles. The number of rotatable bonds is 3. The van der Waals surface area contributed by atoms with Gasteiger partial charge < -0.3 is 10.3 Å². The van der Waals surface area contributed by atoms with Crippen LogP contribution >= 0.6 is 11.3 Å². The van der Waals surface area contributed by atoms with Gasteiger partial charge in [0.2, 0.25) is 0 Å². The zero-order valence-corrected chi connectivity index (χ0v) is 8.87. The van der Waals surface area contributed by atoms with Gasteiger partial charge in [0.15, 0.2) is 0 Å². The van der Waals surface area contributed by atoms with Crippen molar-refractivity contribution in [1.29, 1.82) is 0 Å². The second kappa shape index (κ2) is 3.94. The molecule has 2 heterocycles. The molecule has 0 aliphatic heterocycles. The third-order valence-corrected chi connectivity index (χ3v) is 3.23. The topological polar surface area (TPSA) is 43.8 Å². The van der Waals surface area contributed by atoms with Crippen LogP contribution in [0.5, 0.6) is 0 Å². The van der Waals surface area contributed by atoms with Crippen LogP contribution in [0.3, 0.4) is 0 Å². The fourth-order valence-corrected chi connectivity index (χ4v) is 2.12. The van der Waals surface area contributed by atoms with Gasteiger partial charge in [0.05, 0.1) is 6.04 Å². The molecule has 3 nitrogen and oxygen atoms in total. The minimum atomic E-state index is 0.0721. The van der Waals surface area contributed by atoms with Crippen molar-refractivity contribution >= 4 is 11.3 Å². The van der Waals surface area contributed by atoms with Gasteiger partial charge in [-0.05, 0) is 18.4 Å². The van der Waals surface area contributed by atoms with Crippen LogP contribution in [0, 0.1) is 6.92 Å². The predicted octanol–water partition coefficient (Wildman–Crippen LogP) is 1.95. The van der Waals surface area contributed by atoms with Crippen molar-refractivity contribution in [1.82, 2.24) is 9.55 Å². The van der Waals surface area contributed by atoms with E-state index in [4.69, 9.17) is 5.73 Å². The van der Waals surface area contributed by atoms with E-state index >= 15 is 0 Å². The maximum absolute atomic E-state index is 6.06. The summed E-state index contributed by atoms with van der Waals surface area (Å²) in [7, 11) is 0. The average Bonchev–Trinajstić information content (AvgIpc) is 2.77. The Morgan fingerprint density at radius 3 is 3.07 bits per heavy atom. The molecule has 0 amide bonds. The molecule has 0 aliphatic rings. The summed E-state index contributed by atoms with van der Waals surface area (Å²) in [6.07, 6.45) is 3.76. The van der Waals surface area contributed by atoms with Crippen LogP contribution in [-0.4, -0.2) is 9.55 Å². The van der Waals surface area contributed by atoms with E-state index in [-0.39, 0.29) is 6.04 Å². The van der Waals surface area contributed by atoms with Crippen molar-refractivity contribution in [2.24, 2.45) is 5.73 Å². The summed E-state index contributed by atoms with van der Waals surface area (Å²) in [6, 6.07) is 4.17. The highest BCUT2D eigenvalue weighted by Gasteiger charge is 2.08. The molecule has 14 heavy (non-hydrogen) atoms. The van der Waals surface area contributed by atoms with E-state index in [0.717, 1.165) is 12.4 Å². The molecule has 2 rings (SSSR count). The van der Waals surface area contributed by atoms with E-state index in [0.29, 0.717) is 0 Å². The van der Waals surface area contributed by atoms with Gasteiger partial charge >= 0.3 is 0 Å². The number of nitrogens with zero attached hydrogens (tertiary/aromatic N) is 2. The standard InChI is InChI=1S/C10H13N3S/c1-8-12-4-5-13(8)7-9(11)10-3-2-6-14-10/h2-6,9H,7,11H2,1H3. The molecule has 4 heteroatoms. The Hall–Kier alpha value is -1.13. The van der Waals surface area contributed by atoms with Crippen molar-refractivity contribution in [2.75, 3.05) is 0 Å². The maximum Gasteiger partial charge on any atom is 0.105 e. The number of hydrogen-bond donors (Lipinski definition) is 1. The summed E-state index contributed by atoms with van der Waals surface area (Å²) in [5, 5.41) is 2.05. The molecule has 1 atom stereocenters. The van der Waals surface area contributed by atoms with E-state index < -0.39 is 0 Å². The molecule has 2 N–H and O–H groups in total. The first-order valence-corrected chi connectivity index (χ1v) is 5.42. The summed E-state index contributed by atoms with van der Waals surface area (Å²) in [6.45, 7) is 2.79. The van der Waals surface area contributed by atoms with Crippen molar-refractivity contribution < 1.29 is 0 Å². The number of aromatic nitrogens is 2. The summed E-state index contributed by atoms with van der Waals surface area (Å²) in [5.41, 5.74) is 6.06. The van der Waals surface area contributed by atoms with E-state index in [1.807, 2.05) is 19.2 Å². The largest absolute Gasteiger partial charge is 0.333 e. The van der Waals surface area contributed by atoms with Gasteiger partial charge in [-0.15, -0.1) is 11.3 Å². The molecular formula is C10H13N3S. The van der Waals surface area contributed by atoms with Gasteiger partial charge in [-0.3, -0.25) is 0 Å². The highest BCUT2D eigenvalue weighted by molar-refractivity contribution is 7.10. The lowest BCUT2D eigenvalue weighted by Crippen LogP contribution is -2.16. The molecule has 0 saturated heterocycles. The van der Waals surface area contributed by atoms with E-state index in [9.17, 15) is 0 Å². The molecule has 0 saturated carbocycles. The Balaban J connectivity index is 2.09. The number of thiophene rings is 1. The van der Waals surface area contributed by atoms with Crippen LogP contribution in [0.25, 0.3) is 0 Å². The molecular weight excluding hydrogens is 194 g/mol. The van der Waals surface area contributed by atoms with Crippen LogP contribution < -0.4 is 5.73 Å². The molecule has 0 radical (unpaired) electrons. The van der Waals surface area contributed by atoms with Crippen LogP contribution in [-0.2, 0) is 6.54 Å². The van der Waals surface area contributed by atoms with Gasteiger partial charge in [-0.25, -0.2) is 4.98 Å². The quantitative estimate of drug-likeness (QED) is 0.836. The Morgan fingerprint density at radius 2 is 2.50 bits per heavy atom. The fraction of sp³-hybridized carbons (Fsp3) is 0.300. The Kier molecular flexibility index (Phi) is 2.65. The minimum absolute atomic E-state index is 0.0721. The first-order valence-electron chi connectivity index (χ1n) is 4.54. The molecule has 74 valence electrons. The zero-order valence-electron chi connectivity index (χ0n) is 8.05. The average molecular weight is 207 g/mol. The highest BCUT2D eigenvalue weighted by atomic mass is 32.1. The van der Waals surface area contributed by atoms with Crippen LogP contribution in [0.4, 0.5) is 0 Å². The SMILES string of the molecule is Cc1nccn1CC(N)c1cccs1. The lowest BCUT2D eigenvalue weighted by Gasteiger charge is -2.11. The summed E-state index contributed by atoms with van der Waals surface area (Å²) in [5.74, 6) is 1.01. The smallest absolute Gasteiger partial charge is 0.105 e. The third-order valence-electron chi connectivity index (χ3n) is 2.23. The van der Waals surface area contributed by atoms with Gasteiger partial charge in [0.25, 0.3) is 0 Å². The predicted molar refractivity (Wildman–Crippen MR) is 58.2 cm³/mol. The molecule has 0 spiro atoms. The summed E-state index contributed by atoms with van der Waals surface area (Å²) >= 11 is 1.70. The summed E-state index contributed by atoms with van der Waals surface area (Å²) < 4.78 is 2.07. The van der Waals surface area contributed by atoms with Crippen LogP contribution in [0.2, 0.25) is 0 Å². The molecule has 0 aromatic carbocycles. The zero-order chi connectivity index (χ0) is 9.97. The van der Waals surface area contributed by atoms with Crippen LogP contribution in [0.1, 0.15) is 16.7 Å².